The molecule has 5 rings (SSSR count). The molecule has 0 saturated heterocycles. The highest BCUT2D eigenvalue weighted by Crippen LogP contribution is 2.33. The van der Waals surface area contributed by atoms with E-state index < -0.39 is 5.69 Å². The van der Waals surface area contributed by atoms with Crippen LogP contribution in [0, 0.1) is 26.6 Å². The number of nitrogens with zero attached hydrogens (tertiary/aromatic N) is 5. The number of hydrogen-bond donors (Lipinski definition) is 1. The SMILES string of the molecule is Cc1cc(-c2c(-c3ccc(F)cc3)[nH+]c(N)n3c(=O)n(Cc4ncoc4C)nc23)cc(C)n1. The van der Waals surface area contributed by atoms with Gasteiger partial charge < -0.3 is 4.42 Å². The van der Waals surface area contributed by atoms with Gasteiger partial charge in [-0.05, 0) is 62.7 Å². The molecular formula is C23H21FN7O2+. The van der Waals surface area contributed by atoms with Crippen LogP contribution in [0.1, 0.15) is 22.8 Å². The third-order valence-electron chi connectivity index (χ3n) is 5.45. The predicted molar refractivity (Wildman–Crippen MR) is 119 cm³/mol. The van der Waals surface area contributed by atoms with Gasteiger partial charge >= 0.3 is 11.6 Å². The van der Waals surface area contributed by atoms with Crippen LogP contribution in [0.4, 0.5) is 10.3 Å². The van der Waals surface area contributed by atoms with Gasteiger partial charge in [-0.2, -0.15) is 4.68 Å². The number of H-pyrrole nitrogens is 1. The molecule has 0 aliphatic carbocycles. The Bertz CT molecular complexity index is 1540. The van der Waals surface area contributed by atoms with Crippen LogP contribution >= 0.6 is 0 Å². The van der Waals surface area contributed by atoms with E-state index >= 15 is 0 Å². The van der Waals surface area contributed by atoms with Gasteiger partial charge in [0.2, 0.25) is 5.65 Å². The molecule has 9 nitrogen and oxygen atoms in total. The molecule has 0 aliphatic rings. The van der Waals surface area contributed by atoms with E-state index in [0.717, 1.165) is 17.0 Å². The van der Waals surface area contributed by atoms with Crippen LogP contribution in [-0.2, 0) is 6.54 Å². The van der Waals surface area contributed by atoms with Gasteiger partial charge in [-0.3, -0.25) is 10.7 Å². The summed E-state index contributed by atoms with van der Waals surface area (Å²) in [6.45, 7) is 5.68. The first-order valence-corrected chi connectivity index (χ1v) is 10.3. The number of pyridine rings is 1. The molecule has 5 aromatic rings. The number of nitrogens with two attached hydrogens (primary N) is 1. The summed E-state index contributed by atoms with van der Waals surface area (Å²) in [7, 11) is 0. The number of fused-ring (bicyclic) bond motifs is 1. The van der Waals surface area contributed by atoms with Crippen LogP contribution < -0.4 is 16.4 Å². The molecule has 10 heteroatoms. The van der Waals surface area contributed by atoms with Gasteiger partial charge in [0, 0.05) is 17.0 Å². The largest absolute Gasteiger partial charge is 0.448 e. The second-order valence-electron chi connectivity index (χ2n) is 7.86. The van der Waals surface area contributed by atoms with Crippen molar-refractivity contribution >= 4 is 11.6 Å². The fourth-order valence-corrected chi connectivity index (χ4v) is 3.96. The highest BCUT2D eigenvalue weighted by atomic mass is 19.1. The second-order valence-corrected chi connectivity index (χ2v) is 7.86. The van der Waals surface area contributed by atoms with Crippen LogP contribution in [0.3, 0.4) is 0 Å². The van der Waals surface area contributed by atoms with Crippen LogP contribution in [-0.4, -0.2) is 24.1 Å². The van der Waals surface area contributed by atoms with Crippen molar-refractivity contribution in [2.24, 2.45) is 0 Å². The molecule has 0 bridgehead atoms. The Morgan fingerprint density at radius 1 is 1.09 bits per heavy atom. The first-order valence-electron chi connectivity index (χ1n) is 10.3. The Hall–Kier alpha value is -4.34. The summed E-state index contributed by atoms with van der Waals surface area (Å²) in [5.41, 5.74) is 11.2. The van der Waals surface area contributed by atoms with Gasteiger partial charge in [0.15, 0.2) is 6.39 Å². The maximum atomic E-state index is 13.6. The average molecular weight is 446 g/mol. The third kappa shape index (κ3) is 3.55. The van der Waals surface area contributed by atoms with Gasteiger partial charge in [-0.15, -0.1) is 9.50 Å². The van der Waals surface area contributed by atoms with E-state index in [1.54, 1.807) is 19.1 Å². The predicted octanol–water partition coefficient (Wildman–Crippen LogP) is 2.72. The van der Waals surface area contributed by atoms with Crippen LogP contribution in [0.5, 0.6) is 0 Å². The highest BCUT2D eigenvalue weighted by molar-refractivity contribution is 5.88. The van der Waals surface area contributed by atoms with Gasteiger partial charge in [0.05, 0.1) is 12.1 Å². The fraction of sp³-hybridized carbons (Fsp3) is 0.174. The molecule has 4 aromatic heterocycles. The minimum Gasteiger partial charge on any atom is -0.448 e. The van der Waals surface area contributed by atoms with E-state index in [2.05, 4.69) is 20.1 Å². The summed E-state index contributed by atoms with van der Waals surface area (Å²) in [5, 5.41) is 4.62. The third-order valence-corrected chi connectivity index (χ3v) is 5.45. The van der Waals surface area contributed by atoms with E-state index in [-0.39, 0.29) is 18.3 Å². The molecule has 0 radical (unpaired) electrons. The van der Waals surface area contributed by atoms with Crippen molar-refractivity contribution < 1.29 is 13.8 Å². The summed E-state index contributed by atoms with van der Waals surface area (Å²) in [6.07, 6.45) is 1.33. The Kier molecular flexibility index (Phi) is 4.77. The van der Waals surface area contributed by atoms with Gasteiger partial charge in [-0.25, -0.2) is 19.2 Å². The molecule has 3 N–H and O–H groups in total. The van der Waals surface area contributed by atoms with Crippen molar-refractivity contribution in [3.8, 4) is 22.4 Å². The Morgan fingerprint density at radius 2 is 1.79 bits per heavy atom. The molecule has 0 amide bonds. The lowest BCUT2D eigenvalue weighted by molar-refractivity contribution is -0.351. The van der Waals surface area contributed by atoms with E-state index in [9.17, 15) is 9.18 Å². The fourth-order valence-electron chi connectivity index (χ4n) is 3.96. The number of nitrogen functional groups attached to an aromatic ring is 1. The zero-order chi connectivity index (χ0) is 23.3. The van der Waals surface area contributed by atoms with Crippen LogP contribution in [0.2, 0.25) is 0 Å². The smallest absolute Gasteiger partial charge is 0.411 e. The molecule has 1 aromatic carbocycles. The van der Waals surface area contributed by atoms with E-state index in [4.69, 9.17) is 10.2 Å². The number of aromatic nitrogens is 6. The molecule has 0 atom stereocenters. The lowest BCUT2D eigenvalue weighted by Gasteiger charge is -2.10. The zero-order valence-corrected chi connectivity index (χ0v) is 18.3. The molecule has 0 spiro atoms. The molecule has 0 unspecified atom stereocenters. The Balaban J connectivity index is 1.84. The topological polar surface area (TPSA) is 118 Å². The number of aryl methyl sites for hydroxylation is 3. The summed E-state index contributed by atoms with van der Waals surface area (Å²) in [6, 6.07) is 9.85. The number of anilines is 1. The number of oxazole rings is 1. The second kappa shape index (κ2) is 7.66. The first-order chi connectivity index (χ1) is 15.8. The number of benzene rings is 1. The number of hydrogen-bond acceptors (Lipinski definition) is 6. The van der Waals surface area contributed by atoms with Crippen molar-refractivity contribution in [3.05, 3.63) is 81.9 Å². The molecule has 0 fully saturated rings. The van der Waals surface area contributed by atoms with Gasteiger partial charge in [0.1, 0.15) is 23.0 Å². The average Bonchev–Trinajstić information content (AvgIpc) is 3.31. The maximum absolute atomic E-state index is 13.6. The number of halogens is 1. The molecule has 166 valence electrons. The number of rotatable bonds is 4. The van der Waals surface area contributed by atoms with Crippen molar-refractivity contribution in [2.45, 2.75) is 27.3 Å². The molecular weight excluding hydrogens is 425 g/mol. The Labute approximate surface area is 187 Å². The number of aromatic amines is 1. The van der Waals surface area contributed by atoms with Gasteiger partial charge in [-0.1, -0.05) is 0 Å². The standard InChI is InChI=1S/C23H20FN7O2/c1-12-8-16(9-13(2)27-12)19-20(15-4-6-17(24)7-5-15)28-22(25)31-21(19)29-30(23(31)32)10-18-14(3)33-11-26-18/h4-9,11H,10H2,1-3H3,(H2,25,28)/p+1. The minimum atomic E-state index is -0.421. The van der Waals surface area contributed by atoms with Gasteiger partial charge in [0.25, 0.3) is 0 Å². The van der Waals surface area contributed by atoms with Crippen molar-refractivity contribution in [1.82, 2.24) is 24.1 Å². The Morgan fingerprint density at radius 3 is 2.42 bits per heavy atom. The zero-order valence-electron chi connectivity index (χ0n) is 18.3. The summed E-state index contributed by atoms with van der Waals surface area (Å²) in [4.78, 5) is 25.0. The number of nitrogens with one attached hydrogen (secondary N) is 1. The summed E-state index contributed by atoms with van der Waals surface area (Å²) >= 11 is 0. The van der Waals surface area contributed by atoms with Crippen LogP contribution in [0.15, 0.2) is 52.0 Å². The quantitative estimate of drug-likeness (QED) is 0.453. The van der Waals surface area contributed by atoms with E-state index in [0.29, 0.717) is 33.9 Å². The monoisotopic (exact) mass is 446 g/mol. The summed E-state index contributed by atoms with van der Waals surface area (Å²) < 4.78 is 21.5. The summed E-state index contributed by atoms with van der Waals surface area (Å²) in [5.74, 6) is 0.350. The molecule has 0 saturated carbocycles. The molecule has 33 heavy (non-hydrogen) atoms. The van der Waals surface area contributed by atoms with Crippen molar-refractivity contribution in [2.75, 3.05) is 5.73 Å². The van der Waals surface area contributed by atoms with Crippen LogP contribution in [0.25, 0.3) is 28.0 Å². The minimum absolute atomic E-state index is 0.101. The van der Waals surface area contributed by atoms with E-state index in [1.165, 1.54) is 27.6 Å². The normalized spacial score (nSPS) is 11.4. The van der Waals surface area contributed by atoms with Crippen molar-refractivity contribution in [3.63, 3.8) is 0 Å². The first kappa shape index (κ1) is 20.6. The van der Waals surface area contributed by atoms with E-state index in [1.807, 2.05) is 26.0 Å². The van der Waals surface area contributed by atoms with Crippen molar-refractivity contribution in [1.29, 1.82) is 0 Å². The molecule has 0 aliphatic heterocycles. The lowest BCUT2D eigenvalue weighted by atomic mass is 9.99. The molecule has 4 heterocycles. The maximum Gasteiger partial charge on any atom is 0.411 e. The highest BCUT2D eigenvalue weighted by Gasteiger charge is 2.26. The lowest BCUT2D eigenvalue weighted by Crippen LogP contribution is -2.28.